The van der Waals surface area contributed by atoms with Crippen LogP contribution in [-0.2, 0) is 29.1 Å². The van der Waals surface area contributed by atoms with E-state index in [2.05, 4.69) is 15.4 Å². The average molecular weight is 846 g/mol. The van der Waals surface area contributed by atoms with Gasteiger partial charge in [-0.15, -0.1) is 0 Å². The highest BCUT2D eigenvalue weighted by Crippen LogP contribution is 2.47. The summed E-state index contributed by atoms with van der Waals surface area (Å²) < 4.78 is 67.3. The monoisotopic (exact) mass is 845 g/mol. The van der Waals surface area contributed by atoms with E-state index in [-0.39, 0.29) is 43.2 Å². The minimum absolute atomic E-state index is 0.0699. The Kier molecular flexibility index (Phi) is 10.6. The molecule has 4 aromatic rings. The number of carbonyl (C=O) groups is 4. The van der Waals surface area contributed by atoms with E-state index >= 15 is 0 Å². The van der Waals surface area contributed by atoms with Crippen LogP contribution in [0.25, 0.3) is 33.0 Å². The van der Waals surface area contributed by atoms with Crippen LogP contribution in [0.4, 0.5) is 9.18 Å². The highest BCUT2D eigenvalue weighted by Gasteiger charge is 2.62. The topological polar surface area (TPSA) is 195 Å². The lowest BCUT2D eigenvalue weighted by Gasteiger charge is -2.30. The molecule has 3 saturated carbocycles. The molecule has 2 aliphatic heterocycles. The van der Waals surface area contributed by atoms with Crippen molar-refractivity contribution in [3.8, 4) is 11.5 Å². The van der Waals surface area contributed by atoms with Gasteiger partial charge in [0.05, 0.1) is 29.8 Å². The first kappa shape index (κ1) is 40.0. The standard InChI is InChI=1S/C43H48FN5O10S/c1-56-34-15-9-13-29-35-38(59-36(29)34)37(30-20-25(44)16-19-31(30)45-35)57-27-21-33-39(50)47-43(41(52)48-60(54,55)28-17-18-28)22-24(43)10-5-3-2-4-6-14-32(40(51)49(33)23-27)46-42(53)58-26-11-7-8-12-26/h5,9-10,13,15-16,19-20,24,26-28,32-33H,2-4,6-8,11-12,14,17-18,21-23H2,1H3,(H,46,53)(H,47,50)(H,48,52)/b10-5-/t24-,27+,32-,33-,43+/m0/s1. The molecule has 5 atom stereocenters. The number of rotatable bonds is 8. The number of furan rings is 1. The molecular formula is C43H48FN5O10S. The molecule has 5 aliphatic rings. The number of amides is 4. The van der Waals surface area contributed by atoms with E-state index in [4.69, 9.17) is 23.6 Å². The van der Waals surface area contributed by atoms with Gasteiger partial charge < -0.3 is 34.2 Å². The SMILES string of the molecule is COc1cccc2c1oc1c(O[C@@H]3C[C@H]4C(=O)N[C@]5(C(=O)NS(=O)(=O)C6CC6)C[C@@H]5/C=C\CCCCC[C@H](NC(=O)OC5CCCC5)C(=O)N4C3)c3cc(F)ccc3nc12. The lowest BCUT2D eigenvalue weighted by molar-refractivity contribution is -0.141. The fraction of sp³-hybridized carbons (Fsp3) is 0.512. The number of aromatic nitrogens is 1. The van der Waals surface area contributed by atoms with Gasteiger partial charge in [0.2, 0.25) is 21.8 Å². The van der Waals surface area contributed by atoms with Crippen LogP contribution in [0.5, 0.6) is 11.5 Å². The minimum atomic E-state index is -3.94. The van der Waals surface area contributed by atoms with Crippen molar-refractivity contribution in [2.75, 3.05) is 13.7 Å². The third-order valence-corrected chi connectivity index (χ3v) is 14.3. The first-order chi connectivity index (χ1) is 28.9. The lowest BCUT2D eigenvalue weighted by Crippen LogP contribution is -2.58. The zero-order chi connectivity index (χ0) is 41.8. The maximum Gasteiger partial charge on any atom is 0.408 e. The number of benzene rings is 2. The van der Waals surface area contributed by atoms with E-state index in [0.29, 0.717) is 58.8 Å². The molecule has 15 nitrogen and oxygen atoms in total. The number of hydrogen-bond donors (Lipinski definition) is 3. The molecule has 0 radical (unpaired) electrons. The quantitative estimate of drug-likeness (QED) is 0.185. The van der Waals surface area contributed by atoms with Gasteiger partial charge in [-0.2, -0.15) is 0 Å². The summed E-state index contributed by atoms with van der Waals surface area (Å²) >= 11 is 0. The molecule has 0 spiro atoms. The van der Waals surface area contributed by atoms with Crippen LogP contribution in [-0.4, -0.2) is 90.9 Å². The van der Waals surface area contributed by atoms with Crippen molar-refractivity contribution in [1.29, 1.82) is 0 Å². The average Bonchev–Trinajstić information content (AvgIpc) is 4.04. The van der Waals surface area contributed by atoms with Crippen molar-refractivity contribution in [2.24, 2.45) is 5.92 Å². The summed E-state index contributed by atoms with van der Waals surface area (Å²) in [7, 11) is -2.43. The summed E-state index contributed by atoms with van der Waals surface area (Å²) in [5.74, 6) is -2.48. The highest BCUT2D eigenvalue weighted by atomic mass is 32.2. The van der Waals surface area contributed by atoms with E-state index in [0.717, 1.165) is 38.5 Å². The number of nitrogens with zero attached hydrogens (tertiary/aromatic N) is 2. The van der Waals surface area contributed by atoms with Crippen molar-refractivity contribution in [1.82, 2.24) is 25.2 Å². The molecule has 17 heteroatoms. The van der Waals surface area contributed by atoms with Crippen LogP contribution < -0.4 is 24.8 Å². The number of nitrogens with one attached hydrogen (secondary N) is 3. The number of methoxy groups -OCH3 is 1. The number of allylic oxidation sites excluding steroid dienone is 1. The molecule has 4 fully saturated rings. The van der Waals surface area contributed by atoms with Gasteiger partial charge in [-0.1, -0.05) is 31.1 Å². The maximum atomic E-state index is 14.9. The number of para-hydroxylation sites is 1. The molecule has 3 N–H and O–H groups in total. The number of alkyl carbamates (subject to hydrolysis) is 1. The highest BCUT2D eigenvalue weighted by molar-refractivity contribution is 7.91. The third-order valence-electron chi connectivity index (χ3n) is 12.5. The maximum absolute atomic E-state index is 14.9. The number of carbonyl (C=O) groups excluding carboxylic acids is 4. The largest absolute Gasteiger partial charge is 0.493 e. The Hall–Kier alpha value is -5.45. The second-order valence-corrected chi connectivity index (χ2v) is 18.7. The zero-order valence-corrected chi connectivity index (χ0v) is 34.1. The van der Waals surface area contributed by atoms with E-state index in [1.807, 2.05) is 18.2 Å². The zero-order valence-electron chi connectivity index (χ0n) is 33.2. The van der Waals surface area contributed by atoms with Crippen LogP contribution in [0.15, 0.2) is 53.0 Å². The lowest BCUT2D eigenvalue weighted by atomic mass is 10.0. The number of ether oxygens (including phenoxy) is 3. The number of halogens is 1. The van der Waals surface area contributed by atoms with Crippen molar-refractivity contribution in [3.63, 3.8) is 0 Å². The number of pyridine rings is 1. The molecule has 2 aromatic heterocycles. The Morgan fingerprint density at radius 3 is 2.57 bits per heavy atom. The van der Waals surface area contributed by atoms with Gasteiger partial charge in [0, 0.05) is 17.7 Å². The predicted molar refractivity (Wildman–Crippen MR) is 217 cm³/mol. The summed E-state index contributed by atoms with van der Waals surface area (Å²) in [6.45, 7) is -0.129. The van der Waals surface area contributed by atoms with Crippen LogP contribution >= 0.6 is 0 Å². The number of hydrogen-bond acceptors (Lipinski definition) is 11. The van der Waals surface area contributed by atoms with Crippen LogP contribution in [0.2, 0.25) is 0 Å². The molecule has 0 unspecified atom stereocenters. The first-order valence-corrected chi connectivity index (χ1v) is 22.5. The molecular weight excluding hydrogens is 798 g/mol. The number of sulfonamides is 1. The molecule has 4 heterocycles. The van der Waals surface area contributed by atoms with Gasteiger partial charge in [0.25, 0.3) is 5.91 Å². The van der Waals surface area contributed by atoms with Gasteiger partial charge in [0.15, 0.2) is 22.7 Å². The van der Waals surface area contributed by atoms with Crippen LogP contribution in [0.1, 0.15) is 83.5 Å². The van der Waals surface area contributed by atoms with Crippen molar-refractivity contribution >= 4 is 66.8 Å². The van der Waals surface area contributed by atoms with Crippen molar-refractivity contribution in [2.45, 2.75) is 119 Å². The summed E-state index contributed by atoms with van der Waals surface area (Å²) in [5, 5.41) is 5.95. The molecule has 0 bridgehead atoms. The second-order valence-electron chi connectivity index (χ2n) is 16.7. The Labute approximate surface area is 345 Å². The Morgan fingerprint density at radius 1 is 0.983 bits per heavy atom. The van der Waals surface area contributed by atoms with Crippen molar-refractivity contribution in [3.05, 3.63) is 54.4 Å². The molecule has 60 heavy (non-hydrogen) atoms. The van der Waals surface area contributed by atoms with E-state index in [9.17, 15) is 32.0 Å². The molecule has 1 saturated heterocycles. The summed E-state index contributed by atoms with van der Waals surface area (Å²) in [6, 6.07) is 7.18. The smallest absolute Gasteiger partial charge is 0.408 e. The van der Waals surface area contributed by atoms with Crippen LogP contribution in [0.3, 0.4) is 0 Å². The van der Waals surface area contributed by atoms with E-state index in [1.165, 1.54) is 30.2 Å². The minimum Gasteiger partial charge on any atom is -0.493 e. The molecule has 9 rings (SSSR count). The Morgan fingerprint density at radius 2 is 1.78 bits per heavy atom. The fourth-order valence-electron chi connectivity index (χ4n) is 9.00. The second kappa shape index (κ2) is 15.9. The Balaban J connectivity index is 1.08. The van der Waals surface area contributed by atoms with Gasteiger partial charge in [-0.05, 0) is 94.5 Å². The number of fused-ring (bicyclic) bond motifs is 6. The van der Waals surface area contributed by atoms with E-state index in [1.54, 1.807) is 12.1 Å². The fourth-order valence-corrected chi connectivity index (χ4v) is 10.4. The van der Waals surface area contributed by atoms with Gasteiger partial charge in [0.1, 0.15) is 41.2 Å². The summed E-state index contributed by atoms with van der Waals surface area (Å²) in [6.07, 6.45) is 9.35. The van der Waals surface area contributed by atoms with Crippen molar-refractivity contribution < 1.29 is 50.6 Å². The molecule has 2 aromatic carbocycles. The molecule has 318 valence electrons. The summed E-state index contributed by atoms with van der Waals surface area (Å²) in [5.41, 5.74) is -0.105. The van der Waals surface area contributed by atoms with Gasteiger partial charge in [-0.25, -0.2) is 22.6 Å². The first-order valence-electron chi connectivity index (χ1n) is 20.9. The predicted octanol–water partition coefficient (Wildman–Crippen LogP) is 5.67. The Bertz CT molecular complexity index is 2520. The summed E-state index contributed by atoms with van der Waals surface area (Å²) in [4.78, 5) is 62.7. The molecule has 3 aliphatic carbocycles. The molecule has 4 amide bonds. The third kappa shape index (κ3) is 7.71. The normalized spacial score (nSPS) is 27.1. The van der Waals surface area contributed by atoms with Gasteiger partial charge in [-0.3, -0.25) is 19.1 Å². The van der Waals surface area contributed by atoms with Gasteiger partial charge >= 0.3 is 6.09 Å². The van der Waals surface area contributed by atoms with Crippen LogP contribution in [0, 0.1) is 11.7 Å². The van der Waals surface area contributed by atoms with E-state index < -0.39 is 74.5 Å².